The molecule has 1 amide bonds. The fourth-order valence-electron chi connectivity index (χ4n) is 2.56. The number of ether oxygens (including phenoxy) is 4. The molecule has 0 heterocycles. The largest absolute Gasteiger partial charge is 0.497 e. The smallest absolute Gasteiger partial charge is 0.258 e. The number of carbonyl (C=O) groups excluding carboxylic acids is 2. The average Bonchev–Trinajstić information content (AvgIpc) is 2.75. The van der Waals surface area contributed by atoms with Gasteiger partial charge in [-0.3, -0.25) is 9.59 Å². The normalized spacial score (nSPS) is 11.7. The van der Waals surface area contributed by atoms with Crippen molar-refractivity contribution in [2.24, 2.45) is 10.2 Å². The van der Waals surface area contributed by atoms with Gasteiger partial charge in [0, 0.05) is 12.1 Å². The summed E-state index contributed by atoms with van der Waals surface area (Å²) >= 11 is 12.3. The van der Waals surface area contributed by atoms with Gasteiger partial charge in [0.05, 0.1) is 39.1 Å². The Balaban J connectivity index is 2.36. The number of azo groups is 1. The third kappa shape index (κ3) is 5.56. The van der Waals surface area contributed by atoms with Crippen molar-refractivity contribution in [2.45, 2.75) is 13.0 Å². The lowest BCUT2D eigenvalue weighted by Gasteiger charge is -2.14. The first-order valence-electron chi connectivity index (χ1n) is 8.81. The fourth-order valence-corrected chi connectivity index (χ4v) is 3.02. The average molecular weight is 470 g/mol. The van der Waals surface area contributed by atoms with E-state index in [1.54, 1.807) is 6.07 Å². The Morgan fingerprint density at radius 2 is 1.65 bits per heavy atom. The highest BCUT2D eigenvalue weighted by Crippen LogP contribution is 2.42. The molecule has 9 nitrogen and oxygen atoms in total. The Morgan fingerprint density at radius 1 is 0.968 bits per heavy atom. The number of halogens is 2. The topological polar surface area (TPSA) is 108 Å². The van der Waals surface area contributed by atoms with Gasteiger partial charge in [-0.15, -0.1) is 0 Å². The summed E-state index contributed by atoms with van der Waals surface area (Å²) in [5, 5.41) is 10.9. The molecule has 0 radical (unpaired) electrons. The van der Waals surface area contributed by atoms with Crippen LogP contribution >= 0.6 is 23.2 Å². The van der Waals surface area contributed by atoms with E-state index < -0.39 is 17.7 Å². The first-order chi connectivity index (χ1) is 14.8. The van der Waals surface area contributed by atoms with Gasteiger partial charge in [0.2, 0.25) is 6.04 Å². The van der Waals surface area contributed by atoms with Crippen molar-refractivity contribution in [2.75, 3.05) is 33.8 Å². The number of anilines is 1. The first kappa shape index (κ1) is 24.2. The van der Waals surface area contributed by atoms with Gasteiger partial charge in [0.1, 0.15) is 22.2 Å². The molecule has 0 saturated heterocycles. The zero-order valence-corrected chi connectivity index (χ0v) is 19.0. The van der Waals surface area contributed by atoms with Crippen LogP contribution in [-0.2, 0) is 9.59 Å². The number of Topliss-reactive ketones (excluding diaryl/α,β-unsaturated/α-hetero) is 1. The second-order valence-corrected chi connectivity index (χ2v) is 6.83. The molecule has 2 aromatic carbocycles. The number of amides is 1. The van der Waals surface area contributed by atoms with Crippen LogP contribution in [0.1, 0.15) is 6.92 Å². The molecule has 2 aromatic rings. The molecular formula is C20H21Cl2N3O6. The molecule has 0 spiro atoms. The van der Waals surface area contributed by atoms with E-state index >= 15 is 0 Å². The second kappa shape index (κ2) is 10.8. The quantitative estimate of drug-likeness (QED) is 0.420. The van der Waals surface area contributed by atoms with E-state index in [0.717, 1.165) is 0 Å². The third-order valence-electron chi connectivity index (χ3n) is 4.09. The summed E-state index contributed by atoms with van der Waals surface area (Å²) < 4.78 is 20.8. The lowest BCUT2D eigenvalue weighted by molar-refractivity contribution is -0.126. The Hall–Kier alpha value is -3.04. The highest BCUT2D eigenvalue weighted by molar-refractivity contribution is 6.35. The standard InChI is InChI=1S/C20H21Cl2N3O6/c1-10(26)17(25-24-13-7-6-12(21)18(30-4)19(13)31-5)20(27)23-14-8-11(28-2)9-15(29-3)16(14)22/h6-9,17H,1-5H3,(H,23,27). The van der Waals surface area contributed by atoms with Crippen LogP contribution in [0.25, 0.3) is 0 Å². The van der Waals surface area contributed by atoms with Crippen molar-refractivity contribution in [3.63, 3.8) is 0 Å². The number of hydrogen-bond acceptors (Lipinski definition) is 8. The Kier molecular flexibility index (Phi) is 8.47. The van der Waals surface area contributed by atoms with Crippen molar-refractivity contribution >= 4 is 46.3 Å². The zero-order valence-electron chi connectivity index (χ0n) is 17.5. The predicted molar refractivity (Wildman–Crippen MR) is 117 cm³/mol. The van der Waals surface area contributed by atoms with E-state index in [2.05, 4.69) is 15.5 Å². The second-order valence-electron chi connectivity index (χ2n) is 6.04. The minimum absolute atomic E-state index is 0.139. The Labute approximate surface area is 189 Å². The molecule has 0 aliphatic rings. The summed E-state index contributed by atoms with van der Waals surface area (Å²) in [6.45, 7) is 1.22. The van der Waals surface area contributed by atoms with E-state index in [1.165, 1.54) is 53.6 Å². The lowest BCUT2D eigenvalue weighted by Crippen LogP contribution is -2.32. The zero-order chi connectivity index (χ0) is 23.1. The molecule has 2 rings (SSSR count). The van der Waals surface area contributed by atoms with E-state index in [4.69, 9.17) is 42.1 Å². The summed E-state index contributed by atoms with van der Waals surface area (Å²) in [7, 11) is 5.70. The molecule has 1 N–H and O–H groups in total. The monoisotopic (exact) mass is 469 g/mol. The number of nitrogens with zero attached hydrogens (tertiary/aromatic N) is 2. The van der Waals surface area contributed by atoms with E-state index in [9.17, 15) is 9.59 Å². The number of carbonyl (C=O) groups is 2. The van der Waals surface area contributed by atoms with E-state index in [-0.39, 0.29) is 33.6 Å². The van der Waals surface area contributed by atoms with Crippen LogP contribution in [-0.4, -0.2) is 46.2 Å². The number of nitrogens with one attached hydrogen (secondary N) is 1. The van der Waals surface area contributed by atoms with Crippen LogP contribution in [0, 0.1) is 0 Å². The molecular weight excluding hydrogens is 449 g/mol. The van der Waals surface area contributed by atoms with Crippen molar-refractivity contribution in [3.05, 3.63) is 34.3 Å². The summed E-state index contributed by atoms with van der Waals surface area (Å²) in [6.07, 6.45) is 0. The predicted octanol–water partition coefficient (Wildman–Crippen LogP) is 4.71. The number of benzene rings is 2. The highest BCUT2D eigenvalue weighted by Gasteiger charge is 2.25. The van der Waals surface area contributed by atoms with Gasteiger partial charge in [0.15, 0.2) is 17.3 Å². The summed E-state index contributed by atoms with van der Waals surface area (Å²) in [6, 6.07) is 4.65. The molecule has 1 atom stereocenters. The van der Waals surface area contributed by atoms with E-state index in [1.807, 2.05) is 0 Å². The van der Waals surface area contributed by atoms with Crippen molar-refractivity contribution in [3.8, 4) is 23.0 Å². The molecule has 0 aliphatic carbocycles. The maximum atomic E-state index is 12.8. The van der Waals surface area contributed by atoms with Gasteiger partial charge in [-0.25, -0.2) is 0 Å². The van der Waals surface area contributed by atoms with Gasteiger partial charge < -0.3 is 24.3 Å². The molecule has 0 aromatic heterocycles. The minimum Gasteiger partial charge on any atom is -0.497 e. The summed E-state index contributed by atoms with van der Waals surface area (Å²) in [5.74, 6) is -0.131. The minimum atomic E-state index is -1.44. The molecule has 31 heavy (non-hydrogen) atoms. The number of methoxy groups -OCH3 is 4. The molecule has 0 aliphatic heterocycles. The van der Waals surface area contributed by atoms with Gasteiger partial charge >= 0.3 is 0 Å². The Bertz CT molecular complexity index is 1010. The molecule has 166 valence electrons. The SMILES string of the molecule is COc1cc(NC(=O)C(N=Nc2ccc(Cl)c(OC)c2OC)C(C)=O)c(Cl)c(OC)c1. The fraction of sp³-hybridized carbons (Fsp3) is 0.300. The van der Waals surface area contributed by atoms with Crippen LogP contribution in [0.5, 0.6) is 23.0 Å². The van der Waals surface area contributed by atoms with Crippen LogP contribution in [0.2, 0.25) is 10.0 Å². The molecule has 0 saturated carbocycles. The maximum Gasteiger partial charge on any atom is 0.258 e. The van der Waals surface area contributed by atoms with Gasteiger partial charge in [0.25, 0.3) is 5.91 Å². The number of ketones is 1. The van der Waals surface area contributed by atoms with Gasteiger partial charge in [-0.1, -0.05) is 23.2 Å². The van der Waals surface area contributed by atoms with Crippen molar-refractivity contribution in [1.29, 1.82) is 0 Å². The van der Waals surface area contributed by atoms with Crippen LogP contribution in [0.15, 0.2) is 34.5 Å². The number of hydrogen-bond donors (Lipinski definition) is 1. The highest BCUT2D eigenvalue weighted by atomic mass is 35.5. The van der Waals surface area contributed by atoms with Gasteiger partial charge in [-0.05, 0) is 19.1 Å². The molecule has 1 unspecified atom stereocenters. The van der Waals surface area contributed by atoms with E-state index in [0.29, 0.717) is 10.8 Å². The van der Waals surface area contributed by atoms with Crippen molar-refractivity contribution in [1.82, 2.24) is 0 Å². The van der Waals surface area contributed by atoms with Crippen molar-refractivity contribution < 1.29 is 28.5 Å². The first-order valence-corrected chi connectivity index (χ1v) is 9.57. The molecule has 0 bridgehead atoms. The lowest BCUT2D eigenvalue weighted by atomic mass is 10.2. The molecule has 11 heteroatoms. The molecule has 0 fully saturated rings. The number of rotatable bonds is 9. The summed E-state index contributed by atoms with van der Waals surface area (Å²) in [5.41, 5.74) is 0.416. The summed E-state index contributed by atoms with van der Waals surface area (Å²) in [4.78, 5) is 24.8. The maximum absolute atomic E-state index is 12.8. The third-order valence-corrected chi connectivity index (χ3v) is 4.78. The van der Waals surface area contributed by atoms with Gasteiger partial charge in [-0.2, -0.15) is 10.2 Å². The van der Waals surface area contributed by atoms with Crippen LogP contribution in [0.4, 0.5) is 11.4 Å². The van der Waals surface area contributed by atoms with Crippen LogP contribution < -0.4 is 24.3 Å². The van der Waals surface area contributed by atoms with Crippen LogP contribution in [0.3, 0.4) is 0 Å². The Morgan fingerprint density at radius 3 is 2.19 bits per heavy atom.